The molecule has 0 aromatic carbocycles. The predicted octanol–water partition coefficient (Wildman–Crippen LogP) is 0.912. The Morgan fingerprint density at radius 2 is 2.12 bits per heavy atom. The van der Waals surface area contributed by atoms with Gasteiger partial charge in [-0.05, 0) is 6.92 Å². The molecule has 0 aliphatic carbocycles. The van der Waals surface area contributed by atoms with E-state index in [1.165, 1.54) is 25.3 Å². The van der Waals surface area contributed by atoms with Gasteiger partial charge in [0, 0.05) is 32.4 Å². The zero-order chi connectivity index (χ0) is 12.3. The van der Waals surface area contributed by atoms with Gasteiger partial charge in [-0.2, -0.15) is 0 Å². The molecular weight excluding hydrogens is 210 g/mol. The fourth-order valence-electron chi connectivity index (χ4n) is 1.12. The van der Waals surface area contributed by atoms with Crippen molar-refractivity contribution in [3.05, 3.63) is 40.1 Å². The van der Waals surface area contributed by atoms with Crippen molar-refractivity contribution in [3.63, 3.8) is 0 Å². The Morgan fingerprint density at radius 1 is 1.50 bits per heavy atom. The van der Waals surface area contributed by atoms with Gasteiger partial charge in [-0.25, -0.2) is 4.79 Å². The van der Waals surface area contributed by atoms with E-state index in [4.69, 9.17) is 4.42 Å². The summed E-state index contributed by atoms with van der Waals surface area (Å²) in [5, 5.41) is 9.48. The molecule has 0 saturated heterocycles. The van der Waals surface area contributed by atoms with Crippen molar-refractivity contribution >= 4 is 5.78 Å². The van der Waals surface area contributed by atoms with Crippen LogP contribution in [0.1, 0.15) is 16.1 Å². The molecule has 1 rings (SSSR count). The van der Waals surface area contributed by atoms with Crippen molar-refractivity contribution in [2.24, 2.45) is 0 Å². The van der Waals surface area contributed by atoms with E-state index < -0.39 is 11.4 Å². The van der Waals surface area contributed by atoms with Crippen LogP contribution in [0.4, 0.5) is 0 Å². The Morgan fingerprint density at radius 3 is 2.62 bits per heavy atom. The van der Waals surface area contributed by atoms with Crippen LogP contribution in [0, 0.1) is 6.92 Å². The fourth-order valence-corrected chi connectivity index (χ4v) is 1.12. The van der Waals surface area contributed by atoms with Crippen LogP contribution in [0.3, 0.4) is 0 Å². The molecule has 0 atom stereocenters. The number of carbonyl (C=O) groups is 1. The summed E-state index contributed by atoms with van der Waals surface area (Å²) < 4.78 is 4.73. The van der Waals surface area contributed by atoms with Gasteiger partial charge in [-0.1, -0.05) is 0 Å². The number of rotatable bonds is 3. The summed E-state index contributed by atoms with van der Waals surface area (Å²) in [7, 11) is 3.47. The van der Waals surface area contributed by atoms with Gasteiger partial charge in [-0.3, -0.25) is 4.79 Å². The first-order chi connectivity index (χ1) is 7.41. The van der Waals surface area contributed by atoms with E-state index in [1.54, 1.807) is 19.0 Å². The molecule has 0 bridgehead atoms. The first kappa shape index (κ1) is 12.0. The minimum Gasteiger partial charge on any atom is -0.507 e. The van der Waals surface area contributed by atoms with E-state index in [-0.39, 0.29) is 17.1 Å². The lowest BCUT2D eigenvalue weighted by Crippen LogP contribution is -2.14. The van der Waals surface area contributed by atoms with Crippen LogP contribution >= 0.6 is 0 Å². The number of allylic oxidation sites excluding steroid dienone is 1. The molecule has 0 spiro atoms. The standard InChI is InChI=1S/C11H13NO4/c1-7-6-9(14)10(11(15)16-7)8(13)4-5-12(2)3/h4-6,14H,1-3H3/b5-4+. The number of aryl methyl sites for hydroxylation is 1. The van der Waals surface area contributed by atoms with E-state index >= 15 is 0 Å². The Hall–Kier alpha value is -2.04. The average Bonchev–Trinajstić information content (AvgIpc) is 2.12. The van der Waals surface area contributed by atoms with Crippen LogP contribution in [-0.4, -0.2) is 29.9 Å². The Labute approximate surface area is 92.6 Å². The molecular formula is C11H13NO4. The van der Waals surface area contributed by atoms with E-state index in [9.17, 15) is 14.7 Å². The molecule has 1 aromatic rings. The first-order valence-corrected chi connectivity index (χ1v) is 4.64. The zero-order valence-electron chi connectivity index (χ0n) is 9.35. The molecule has 0 fully saturated rings. The molecule has 1 aromatic heterocycles. The summed E-state index contributed by atoms with van der Waals surface area (Å²) in [6.45, 7) is 1.52. The summed E-state index contributed by atoms with van der Waals surface area (Å²) in [6.07, 6.45) is 2.68. The maximum Gasteiger partial charge on any atom is 0.351 e. The molecule has 0 aliphatic rings. The summed E-state index contributed by atoms with van der Waals surface area (Å²) in [5.41, 5.74) is -1.17. The molecule has 1 heterocycles. The van der Waals surface area contributed by atoms with Crippen molar-refractivity contribution in [2.45, 2.75) is 6.92 Å². The molecule has 1 N–H and O–H groups in total. The lowest BCUT2D eigenvalue weighted by molar-refractivity contribution is 0.103. The minimum atomic E-state index is -0.828. The van der Waals surface area contributed by atoms with Crippen molar-refractivity contribution < 1.29 is 14.3 Å². The summed E-state index contributed by atoms with van der Waals surface area (Å²) in [4.78, 5) is 24.6. The first-order valence-electron chi connectivity index (χ1n) is 4.64. The maximum atomic E-state index is 11.6. The van der Waals surface area contributed by atoms with Gasteiger partial charge in [0.25, 0.3) is 0 Å². The van der Waals surface area contributed by atoms with Crippen LogP contribution in [0.15, 0.2) is 27.6 Å². The van der Waals surface area contributed by atoms with Gasteiger partial charge in [0.1, 0.15) is 17.1 Å². The van der Waals surface area contributed by atoms with Crippen LogP contribution in [0.25, 0.3) is 0 Å². The maximum absolute atomic E-state index is 11.6. The van der Waals surface area contributed by atoms with Gasteiger partial charge in [0.05, 0.1) is 0 Å². The quantitative estimate of drug-likeness (QED) is 0.609. The van der Waals surface area contributed by atoms with Crippen LogP contribution < -0.4 is 5.63 Å². The third-order valence-corrected chi connectivity index (χ3v) is 1.82. The minimum absolute atomic E-state index is 0.260. The molecule has 5 nitrogen and oxygen atoms in total. The topological polar surface area (TPSA) is 70.8 Å². The highest BCUT2D eigenvalue weighted by Gasteiger charge is 2.15. The van der Waals surface area contributed by atoms with Crippen molar-refractivity contribution in [2.75, 3.05) is 14.1 Å². The second-order valence-electron chi connectivity index (χ2n) is 3.55. The SMILES string of the molecule is Cc1cc(O)c(C(=O)/C=C/N(C)C)c(=O)o1. The van der Waals surface area contributed by atoms with E-state index in [0.717, 1.165) is 0 Å². The fraction of sp³-hybridized carbons (Fsp3) is 0.273. The normalized spacial score (nSPS) is 10.7. The number of nitrogens with zero attached hydrogens (tertiary/aromatic N) is 1. The smallest absolute Gasteiger partial charge is 0.351 e. The van der Waals surface area contributed by atoms with Gasteiger partial charge in [0.15, 0.2) is 5.78 Å². The lowest BCUT2D eigenvalue weighted by Gasteiger charge is -2.03. The Bertz CT molecular complexity index is 485. The van der Waals surface area contributed by atoms with E-state index in [2.05, 4.69) is 0 Å². The molecule has 0 aliphatic heterocycles. The van der Waals surface area contributed by atoms with E-state index in [0.29, 0.717) is 0 Å². The third-order valence-electron chi connectivity index (χ3n) is 1.82. The highest BCUT2D eigenvalue weighted by atomic mass is 16.4. The number of carbonyl (C=O) groups excluding carboxylic acids is 1. The number of ketones is 1. The van der Waals surface area contributed by atoms with Crippen molar-refractivity contribution in [1.82, 2.24) is 4.90 Å². The Kier molecular flexibility index (Phi) is 3.50. The van der Waals surface area contributed by atoms with Gasteiger partial charge >= 0.3 is 5.63 Å². The molecule has 0 radical (unpaired) electrons. The highest BCUT2D eigenvalue weighted by Crippen LogP contribution is 2.15. The van der Waals surface area contributed by atoms with Crippen molar-refractivity contribution in [1.29, 1.82) is 0 Å². The second kappa shape index (κ2) is 4.65. The number of hydrogen-bond acceptors (Lipinski definition) is 5. The molecule has 86 valence electrons. The van der Waals surface area contributed by atoms with Crippen molar-refractivity contribution in [3.8, 4) is 5.75 Å². The molecule has 5 heteroatoms. The van der Waals surface area contributed by atoms with E-state index in [1.807, 2.05) is 0 Å². The molecule has 0 unspecified atom stereocenters. The zero-order valence-corrected chi connectivity index (χ0v) is 9.35. The van der Waals surface area contributed by atoms with Gasteiger partial charge in [0.2, 0.25) is 0 Å². The molecule has 0 saturated carbocycles. The highest BCUT2D eigenvalue weighted by molar-refractivity contribution is 6.05. The second-order valence-corrected chi connectivity index (χ2v) is 3.55. The van der Waals surface area contributed by atoms with Crippen LogP contribution in [0.5, 0.6) is 5.75 Å². The summed E-state index contributed by atoms with van der Waals surface area (Å²) in [5.74, 6) is -0.683. The molecule has 16 heavy (non-hydrogen) atoms. The average molecular weight is 223 g/mol. The monoisotopic (exact) mass is 223 g/mol. The number of hydrogen-bond donors (Lipinski definition) is 1. The third kappa shape index (κ3) is 2.73. The largest absolute Gasteiger partial charge is 0.507 e. The van der Waals surface area contributed by atoms with Crippen LogP contribution in [-0.2, 0) is 0 Å². The van der Waals surface area contributed by atoms with Crippen LogP contribution in [0.2, 0.25) is 0 Å². The van der Waals surface area contributed by atoms with Gasteiger partial charge < -0.3 is 14.4 Å². The number of aromatic hydroxyl groups is 1. The predicted molar refractivity (Wildman–Crippen MR) is 58.5 cm³/mol. The lowest BCUT2D eigenvalue weighted by atomic mass is 10.1. The summed E-state index contributed by atoms with van der Waals surface area (Å²) in [6, 6.07) is 1.23. The molecule has 0 amide bonds. The summed E-state index contributed by atoms with van der Waals surface area (Å²) >= 11 is 0. The Balaban J connectivity index is 3.15. The van der Waals surface area contributed by atoms with Gasteiger partial charge in [-0.15, -0.1) is 0 Å².